The van der Waals surface area contributed by atoms with Crippen LogP contribution in [0.2, 0.25) is 10.6 Å². The van der Waals surface area contributed by atoms with Crippen molar-refractivity contribution in [2.45, 2.75) is 29.8 Å². The van der Waals surface area contributed by atoms with E-state index in [0.29, 0.717) is 15.2 Å². The fourth-order valence-corrected chi connectivity index (χ4v) is 2.83. The van der Waals surface area contributed by atoms with Crippen LogP contribution < -0.4 is 0 Å². The minimum absolute atomic E-state index is 0. The molecular formula is C5H12AlCl. The summed E-state index contributed by atoms with van der Waals surface area (Å²) in [6, 6.07) is 0. The summed E-state index contributed by atoms with van der Waals surface area (Å²) in [5.41, 5.74) is 0. The summed E-state index contributed by atoms with van der Waals surface area (Å²) in [6.45, 7) is 0. The Labute approximate surface area is 57.8 Å². The summed E-state index contributed by atoms with van der Waals surface area (Å²) >= 11 is 0.508. The van der Waals surface area contributed by atoms with Gasteiger partial charge in [0.25, 0.3) is 0 Å². The first-order valence-electron chi connectivity index (χ1n) is 3.00. The van der Waals surface area contributed by atoms with Crippen LogP contribution in [0.25, 0.3) is 0 Å². The largest absolute Gasteiger partial charge is 0.236 e. The van der Waals surface area contributed by atoms with E-state index in [9.17, 15) is 0 Å². The van der Waals surface area contributed by atoms with Gasteiger partial charge in [-0.3, -0.25) is 0 Å². The molecule has 1 fully saturated rings. The molecule has 0 aromatic heterocycles. The van der Waals surface area contributed by atoms with Gasteiger partial charge in [-0.1, -0.05) is 29.8 Å². The summed E-state index contributed by atoms with van der Waals surface area (Å²) in [6.07, 6.45) is 4.66. The normalized spacial score (nSPS) is 19.4. The Kier molecular flexibility index (Phi) is 5.55. The van der Waals surface area contributed by atoms with E-state index >= 15 is 0 Å². The van der Waals surface area contributed by atoms with Crippen LogP contribution in [-0.2, 0) is 0 Å². The van der Waals surface area contributed by atoms with Crippen molar-refractivity contribution in [3.05, 3.63) is 0 Å². The molecule has 0 nitrogen and oxygen atoms in total. The molecule has 0 aromatic carbocycles. The number of hydrogen-bond acceptors (Lipinski definition) is 0. The summed E-state index contributed by atoms with van der Waals surface area (Å²) in [4.78, 5) is 0. The van der Waals surface area contributed by atoms with Crippen LogP contribution in [0.1, 0.15) is 19.3 Å². The highest BCUT2D eigenvalue weighted by Gasteiger charge is 1.99. The topological polar surface area (TPSA) is 0 Å². The average molecular weight is 135 g/mol. The monoisotopic (exact) mass is 134 g/mol. The highest BCUT2D eigenvalue weighted by atomic mass is 35.5. The van der Waals surface area contributed by atoms with Crippen molar-refractivity contribution in [1.82, 2.24) is 0 Å². The van der Waals surface area contributed by atoms with Gasteiger partial charge in [0.15, 0.2) is 0 Å². The molecule has 42 valence electrons. The van der Waals surface area contributed by atoms with Crippen molar-refractivity contribution in [3.63, 3.8) is 0 Å². The van der Waals surface area contributed by atoms with Crippen molar-refractivity contribution >= 4 is 27.6 Å². The maximum absolute atomic E-state index is 1.64. The first-order valence-corrected chi connectivity index (χ1v) is 5.00. The molecule has 1 saturated heterocycles. The van der Waals surface area contributed by atoms with Crippen LogP contribution in [0.15, 0.2) is 0 Å². The second kappa shape index (κ2) is 4.97. The lowest BCUT2D eigenvalue weighted by molar-refractivity contribution is 0.734. The molecular weight excluding hydrogens is 122 g/mol. The first-order chi connectivity index (χ1) is 3.00. The molecule has 0 N–H and O–H groups in total. The lowest BCUT2D eigenvalue weighted by Crippen LogP contribution is -1.94. The van der Waals surface area contributed by atoms with E-state index in [1.54, 1.807) is 23.4 Å². The number of rotatable bonds is 0. The summed E-state index contributed by atoms with van der Waals surface area (Å²) < 4.78 is 0. The highest BCUT2D eigenvalue weighted by Crippen LogP contribution is 2.10. The van der Waals surface area contributed by atoms with E-state index in [0.717, 1.165) is 0 Å². The van der Waals surface area contributed by atoms with E-state index in [-0.39, 0.29) is 12.4 Å². The lowest BCUT2D eigenvalue weighted by Gasteiger charge is -2.03. The van der Waals surface area contributed by atoms with Gasteiger partial charge in [0.2, 0.25) is 15.2 Å². The summed E-state index contributed by atoms with van der Waals surface area (Å²) in [5, 5.41) is 3.28. The van der Waals surface area contributed by atoms with E-state index in [1.165, 1.54) is 6.42 Å². The van der Waals surface area contributed by atoms with Gasteiger partial charge in [0.1, 0.15) is 0 Å². The molecule has 1 rings (SSSR count). The zero-order valence-corrected chi connectivity index (χ0v) is 6.88. The van der Waals surface area contributed by atoms with Gasteiger partial charge in [-0.2, -0.15) is 0 Å². The Balaban J connectivity index is 0.000000360. The molecule has 0 unspecified atom stereocenters. The van der Waals surface area contributed by atoms with Crippen molar-refractivity contribution < 1.29 is 0 Å². The highest BCUT2D eigenvalue weighted by molar-refractivity contribution is 6.35. The Morgan fingerprint density at radius 2 is 1.43 bits per heavy atom. The fraction of sp³-hybridized carbons (Fsp3) is 1.00. The number of halogens is 1. The standard InChI is InChI=1S/C5H10.Al.ClH.H/c1-3-5-4-2;;;/h1-5H2;;1H;. The maximum Gasteiger partial charge on any atom is 0.236 e. The Hall–Kier alpha value is 0.822. The SMILES string of the molecule is C1C[CH2][AlH][CH2]C1.Cl. The average Bonchev–Trinajstić information content (AvgIpc) is 1.72. The van der Waals surface area contributed by atoms with Crippen molar-refractivity contribution in [3.8, 4) is 0 Å². The van der Waals surface area contributed by atoms with Gasteiger partial charge < -0.3 is 0 Å². The second-order valence-electron chi connectivity index (χ2n) is 2.12. The smallest absolute Gasteiger partial charge is 0.147 e. The van der Waals surface area contributed by atoms with Crippen molar-refractivity contribution in [2.75, 3.05) is 0 Å². The third-order valence-corrected chi connectivity index (χ3v) is 3.50. The zero-order valence-electron chi connectivity index (χ0n) is 4.65. The fourth-order valence-electron chi connectivity index (χ4n) is 1.06. The Morgan fingerprint density at radius 1 is 0.857 bits per heavy atom. The van der Waals surface area contributed by atoms with E-state index < -0.39 is 0 Å². The summed E-state index contributed by atoms with van der Waals surface area (Å²) in [7, 11) is 0. The minimum Gasteiger partial charge on any atom is -0.147 e. The quantitative estimate of drug-likeness (QED) is 0.444. The lowest BCUT2D eigenvalue weighted by atomic mass is 10.3. The Bertz CT molecular complexity index is 23.6. The molecule has 0 aliphatic carbocycles. The third-order valence-electron chi connectivity index (χ3n) is 1.50. The van der Waals surface area contributed by atoms with Crippen LogP contribution in [-0.4, -0.2) is 15.2 Å². The van der Waals surface area contributed by atoms with Crippen molar-refractivity contribution in [1.29, 1.82) is 0 Å². The molecule has 0 bridgehead atoms. The first kappa shape index (κ1) is 7.82. The van der Waals surface area contributed by atoms with E-state index in [4.69, 9.17) is 0 Å². The molecule has 0 saturated carbocycles. The van der Waals surface area contributed by atoms with Gasteiger partial charge >= 0.3 is 0 Å². The van der Waals surface area contributed by atoms with Crippen molar-refractivity contribution in [2.24, 2.45) is 0 Å². The molecule has 0 spiro atoms. The van der Waals surface area contributed by atoms with Crippen LogP contribution >= 0.6 is 12.4 Å². The molecule has 1 heterocycles. The summed E-state index contributed by atoms with van der Waals surface area (Å²) in [5.74, 6) is 0. The van der Waals surface area contributed by atoms with Gasteiger partial charge in [-0.25, -0.2) is 0 Å². The zero-order chi connectivity index (χ0) is 4.24. The maximum atomic E-state index is 1.64. The molecule has 1 aliphatic rings. The molecule has 2 heteroatoms. The van der Waals surface area contributed by atoms with Crippen LogP contribution in [0.5, 0.6) is 0 Å². The predicted octanol–water partition coefficient (Wildman–Crippen LogP) is 1.87. The van der Waals surface area contributed by atoms with Gasteiger partial charge in [0, 0.05) is 0 Å². The minimum atomic E-state index is 0. The molecule has 0 atom stereocenters. The second-order valence-corrected chi connectivity index (χ2v) is 4.24. The van der Waals surface area contributed by atoms with Gasteiger partial charge in [-0.15, -0.1) is 12.4 Å². The number of hydrogen-bond donors (Lipinski definition) is 0. The Morgan fingerprint density at radius 3 is 1.57 bits per heavy atom. The third kappa shape index (κ3) is 3.41. The van der Waals surface area contributed by atoms with E-state index in [1.807, 2.05) is 0 Å². The molecule has 1 aliphatic heterocycles. The van der Waals surface area contributed by atoms with E-state index in [2.05, 4.69) is 0 Å². The molecule has 0 amide bonds. The molecule has 0 radical (unpaired) electrons. The van der Waals surface area contributed by atoms with Crippen LogP contribution in [0.3, 0.4) is 0 Å². The van der Waals surface area contributed by atoms with Gasteiger partial charge in [-0.05, 0) is 0 Å². The van der Waals surface area contributed by atoms with Crippen LogP contribution in [0.4, 0.5) is 0 Å². The molecule has 7 heavy (non-hydrogen) atoms. The van der Waals surface area contributed by atoms with Crippen LogP contribution in [0, 0.1) is 0 Å². The predicted molar refractivity (Wildman–Crippen MR) is 37.9 cm³/mol. The van der Waals surface area contributed by atoms with Gasteiger partial charge in [0.05, 0.1) is 0 Å². The molecule has 0 aromatic rings.